The maximum Gasteiger partial charge on any atom is 0.353 e. The number of hydrogen-bond donors (Lipinski definition) is 5. The van der Waals surface area contributed by atoms with Crippen LogP contribution in [0.1, 0.15) is 26.7 Å². The summed E-state index contributed by atoms with van der Waals surface area (Å²) < 4.78 is 0. The van der Waals surface area contributed by atoms with Gasteiger partial charge >= 0.3 is 5.97 Å². The first-order valence-electron chi connectivity index (χ1n) is 12.4. The number of thioether (sulfide) groups is 1. The van der Waals surface area contributed by atoms with Gasteiger partial charge in [-0.1, -0.05) is 6.92 Å². The lowest BCUT2D eigenvalue weighted by atomic mass is 9.79. The van der Waals surface area contributed by atoms with Crippen molar-refractivity contribution >= 4 is 41.4 Å². The third-order valence-corrected chi connectivity index (χ3v) is 9.16. The number of rotatable bonds is 8. The Morgan fingerprint density at radius 2 is 1.97 bits per heavy atom. The van der Waals surface area contributed by atoms with Crippen LogP contribution in [-0.4, -0.2) is 117 Å². The normalized spacial score (nSPS) is 32.3. The third kappa shape index (κ3) is 5.14. The van der Waals surface area contributed by atoms with Crippen molar-refractivity contribution in [3.8, 4) is 0 Å². The minimum Gasteiger partial charge on any atom is -0.477 e. The molecule has 3 saturated heterocycles. The number of guanidine groups is 1. The lowest BCUT2D eigenvalue weighted by molar-refractivity contribution is -0.163. The van der Waals surface area contributed by atoms with Gasteiger partial charge in [0.25, 0.3) is 0 Å². The minimum absolute atomic E-state index is 0.000632. The second-order valence-corrected chi connectivity index (χ2v) is 11.6. The summed E-state index contributed by atoms with van der Waals surface area (Å²) in [7, 11) is 1.87. The maximum atomic E-state index is 13.3. The third-order valence-electron chi connectivity index (χ3n) is 7.67. The van der Waals surface area contributed by atoms with Gasteiger partial charge < -0.3 is 36.8 Å². The molecule has 0 spiro atoms. The molecule has 0 aromatic heterocycles. The predicted octanol–water partition coefficient (Wildman–Crippen LogP) is -2.06. The molecule has 13 nitrogen and oxygen atoms in total. The Morgan fingerprint density at radius 3 is 2.59 bits per heavy atom. The number of aliphatic hydroxyl groups excluding tert-OH is 1. The summed E-state index contributed by atoms with van der Waals surface area (Å²) in [6, 6.07) is -0.890. The van der Waals surface area contributed by atoms with Gasteiger partial charge in [0.15, 0.2) is 5.96 Å². The average Bonchev–Trinajstić information content (AvgIpc) is 3.48. The highest BCUT2D eigenvalue weighted by molar-refractivity contribution is 8.03. The summed E-state index contributed by atoms with van der Waals surface area (Å²) in [6.07, 6.45) is 0.325. The van der Waals surface area contributed by atoms with E-state index in [2.05, 4.69) is 10.3 Å². The molecule has 0 aromatic carbocycles. The molecule has 3 fully saturated rings. The first kappa shape index (κ1) is 27.2. The number of nitrogens with two attached hydrogens (primary N) is 2. The summed E-state index contributed by atoms with van der Waals surface area (Å²) in [4.78, 5) is 59.4. The maximum absolute atomic E-state index is 13.3. The van der Waals surface area contributed by atoms with Gasteiger partial charge in [0.05, 0.1) is 24.1 Å². The van der Waals surface area contributed by atoms with Gasteiger partial charge in [-0.3, -0.25) is 19.3 Å². The van der Waals surface area contributed by atoms with Crippen molar-refractivity contribution in [3.05, 3.63) is 10.6 Å². The number of carboxylic acid groups (broad SMARTS) is 1. The van der Waals surface area contributed by atoms with Crippen LogP contribution in [0.15, 0.2) is 15.6 Å². The van der Waals surface area contributed by atoms with Crippen LogP contribution in [0.25, 0.3) is 0 Å². The van der Waals surface area contributed by atoms with Gasteiger partial charge in [-0.2, -0.15) is 0 Å². The fourth-order valence-electron chi connectivity index (χ4n) is 5.91. The second kappa shape index (κ2) is 10.5. The van der Waals surface area contributed by atoms with Crippen molar-refractivity contribution in [2.24, 2.45) is 28.3 Å². The zero-order valence-corrected chi connectivity index (χ0v) is 22.0. The smallest absolute Gasteiger partial charge is 0.353 e. The van der Waals surface area contributed by atoms with Crippen LogP contribution in [0.4, 0.5) is 0 Å². The van der Waals surface area contributed by atoms with Crippen LogP contribution in [0.5, 0.6) is 0 Å². The number of fused-ring (bicyclic) bond motifs is 1. The molecule has 4 heterocycles. The molecule has 0 aromatic rings. The number of aliphatic imine (C=N–C) groups is 1. The number of likely N-dealkylation sites (N-methyl/N-ethyl adjacent to an activating group) is 1. The zero-order valence-electron chi connectivity index (χ0n) is 21.2. The molecule has 0 saturated carbocycles. The van der Waals surface area contributed by atoms with E-state index in [1.807, 2.05) is 18.9 Å². The number of carbonyl (C=O) groups is 4. The van der Waals surface area contributed by atoms with Gasteiger partial charge in [-0.05, 0) is 26.8 Å². The molecule has 4 rings (SSSR count). The molecular weight excluding hydrogens is 502 g/mol. The molecule has 0 radical (unpaired) electrons. The quantitative estimate of drug-likeness (QED) is 0.130. The average molecular weight is 538 g/mol. The van der Waals surface area contributed by atoms with Crippen LogP contribution in [0.2, 0.25) is 0 Å². The minimum atomic E-state index is -1.15. The first-order valence-corrected chi connectivity index (χ1v) is 13.3. The van der Waals surface area contributed by atoms with Crippen molar-refractivity contribution in [1.29, 1.82) is 0 Å². The molecule has 0 aliphatic carbocycles. The Kier molecular flexibility index (Phi) is 7.72. The monoisotopic (exact) mass is 537 g/mol. The van der Waals surface area contributed by atoms with Crippen molar-refractivity contribution in [2.45, 2.75) is 56.2 Å². The van der Waals surface area contributed by atoms with Crippen LogP contribution in [0.3, 0.4) is 0 Å². The Bertz CT molecular complexity index is 1040. The van der Waals surface area contributed by atoms with Crippen LogP contribution in [0, 0.1) is 11.8 Å². The largest absolute Gasteiger partial charge is 0.477 e. The highest BCUT2D eigenvalue weighted by atomic mass is 32.2. The van der Waals surface area contributed by atoms with Crippen LogP contribution < -0.4 is 16.8 Å². The molecule has 7 N–H and O–H groups in total. The number of likely N-dealkylation sites (tertiary alicyclic amines) is 2. The van der Waals surface area contributed by atoms with Crippen molar-refractivity contribution < 1.29 is 29.4 Å². The van der Waals surface area contributed by atoms with Gasteiger partial charge in [-0.15, -0.1) is 11.8 Å². The van der Waals surface area contributed by atoms with E-state index in [1.165, 1.54) is 16.7 Å². The molecule has 4 aliphatic rings. The Balaban J connectivity index is 1.37. The van der Waals surface area contributed by atoms with Crippen LogP contribution in [-0.2, 0) is 19.2 Å². The Labute approximate surface area is 219 Å². The molecule has 0 bridgehead atoms. The first-order chi connectivity index (χ1) is 17.4. The SMILES string of the molecule is C[C@H](O)[C@@H]1C(=O)N2C(C(=O)O)=C(S[C@@H]3C[C@H](C(=O)N4CC[C@@H](NC(=O)CN=C(N)N)C4)N(C)C3)[C@@H](C)[C@@H]12. The summed E-state index contributed by atoms with van der Waals surface area (Å²) in [5.74, 6) is -2.82. The Morgan fingerprint density at radius 1 is 1.27 bits per heavy atom. The highest BCUT2D eigenvalue weighted by Crippen LogP contribution is 2.52. The predicted molar refractivity (Wildman–Crippen MR) is 136 cm³/mol. The fraction of sp³-hybridized carbons (Fsp3) is 0.696. The fourth-order valence-corrected chi connectivity index (χ4v) is 7.51. The lowest BCUT2D eigenvalue weighted by Gasteiger charge is -2.46. The van der Waals surface area contributed by atoms with E-state index in [4.69, 9.17) is 11.5 Å². The number of nitrogens with one attached hydrogen (secondary N) is 1. The van der Waals surface area contributed by atoms with Crippen molar-refractivity contribution in [1.82, 2.24) is 20.0 Å². The second-order valence-electron chi connectivity index (χ2n) is 10.3. The van der Waals surface area contributed by atoms with Gasteiger partial charge in [0.1, 0.15) is 12.2 Å². The molecule has 37 heavy (non-hydrogen) atoms. The van der Waals surface area contributed by atoms with E-state index in [-0.39, 0.29) is 65.2 Å². The number of nitrogens with zero attached hydrogens (tertiary/aromatic N) is 4. The van der Waals surface area contributed by atoms with Gasteiger partial charge in [-0.25, -0.2) is 9.79 Å². The molecule has 4 aliphatic heterocycles. The van der Waals surface area contributed by atoms with Gasteiger partial charge in [0.2, 0.25) is 17.7 Å². The number of aliphatic carboxylic acids is 1. The van der Waals surface area contributed by atoms with Crippen molar-refractivity contribution in [3.63, 3.8) is 0 Å². The van der Waals surface area contributed by atoms with E-state index in [9.17, 15) is 29.4 Å². The van der Waals surface area contributed by atoms with E-state index in [0.717, 1.165) is 0 Å². The van der Waals surface area contributed by atoms with Gasteiger partial charge in [0, 0.05) is 41.7 Å². The number of carboxylic acids is 1. The standard InChI is InChI=1S/C23H35N7O6S/c1-10-17-16(11(2)31)21(34)30(17)18(22(35)36)19(10)37-13-6-14(28(3)9-13)20(33)29-5-4-12(8-29)27-15(32)7-26-23(24)25/h10-14,16-17,31H,4-9H2,1-3H3,(H,27,32)(H,35,36)(H4,24,25,26)/t10-,11-,12+,13+,14+,16-,17-/m0/s1. The molecule has 14 heteroatoms. The molecule has 3 amide bonds. The number of carbonyl (C=O) groups excluding carboxylic acids is 3. The number of amides is 3. The molecule has 7 atom stereocenters. The number of β-lactam (4-membered cyclic amide) rings is 1. The zero-order chi connectivity index (χ0) is 27.2. The van der Waals surface area contributed by atoms with E-state index < -0.39 is 18.0 Å². The number of hydrogen-bond acceptors (Lipinski definition) is 8. The van der Waals surface area contributed by atoms with Crippen LogP contribution >= 0.6 is 11.8 Å². The lowest BCUT2D eigenvalue weighted by Crippen LogP contribution is -2.63. The summed E-state index contributed by atoms with van der Waals surface area (Å²) in [5.41, 5.74) is 10.5. The topological polar surface area (TPSA) is 195 Å². The van der Waals surface area contributed by atoms with Crippen molar-refractivity contribution in [2.75, 3.05) is 33.2 Å². The van der Waals surface area contributed by atoms with E-state index in [1.54, 1.807) is 11.8 Å². The summed E-state index contributed by atoms with van der Waals surface area (Å²) in [6.45, 7) is 4.81. The highest BCUT2D eigenvalue weighted by Gasteiger charge is 2.60. The van der Waals surface area contributed by atoms with E-state index in [0.29, 0.717) is 37.4 Å². The number of aliphatic hydroxyl groups is 1. The molecular formula is C23H35N7O6S. The summed E-state index contributed by atoms with van der Waals surface area (Å²) in [5, 5.41) is 22.7. The summed E-state index contributed by atoms with van der Waals surface area (Å²) >= 11 is 1.43. The molecule has 204 valence electrons. The Hall–Kier alpha value is -2.84. The molecule has 0 unspecified atom stereocenters. The van der Waals surface area contributed by atoms with E-state index >= 15 is 0 Å².